The predicted octanol–water partition coefficient (Wildman–Crippen LogP) is 2.55. The molecule has 0 bridgehead atoms. The zero-order valence-electron chi connectivity index (χ0n) is 21.5. The average molecular weight is 499 g/mol. The lowest BCUT2D eigenvalue weighted by Crippen LogP contribution is -2.51. The van der Waals surface area contributed by atoms with E-state index < -0.39 is 6.04 Å². The number of carbonyl (C=O) groups excluding carboxylic acids is 3. The van der Waals surface area contributed by atoms with Gasteiger partial charge in [-0.15, -0.1) is 0 Å². The Morgan fingerprint density at radius 2 is 1.78 bits per heavy atom. The lowest BCUT2D eigenvalue weighted by Gasteiger charge is -2.44. The molecule has 4 aliphatic heterocycles. The molecule has 4 heterocycles. The van der Waals surface area contributed by atoms with Crippen molar-refractivity contribution in [2.24, 2.45) is 5.92 Å². The lowest BCUT2D eigenvalue weighted by molar-refractivity contribution is -0.129. The van der Waals surface area contributed by atoms with Crippen LogP contribution in [0.25, 0.3) is 0 Å². The number of benzene rings is 1. The molecule has 0 unspecified atom stereocenters. The molecule has 9 nitrogen and oxygen atoms in total. The zero-order chi connectivity index (χ0) is 25.2. The van der Waals surface area contributed by atoms with Gasteiger partial charge in [-0.3, -0.25) is 14.5 Å². The van der Waals surface area contributed by atoms with Gasteiger partial charge in [0.05, 0.1) is 14.2 Å². The Morgan fingerprint density at radius 3 is 2.56 bits per heavy atom. The molecule has 4 aliphatic rings. The Bertz CT molecular complexity index is 961. The summed E-state index contributed by atoms with van der Waals surface area (Å²) in [5.41, 5.74) is 1.96. The van der Waals surface area contributed by atoms with E-state index in [9.17, 15) is 14.4 Å². The second kappa shape index (κ2) is 10.7. The van der Waals surface area contributed by atoms with Gasteiger partial charge >= 0.3 is 6.03 Å². The molecule has 1 N–H and O–H groups in total. The van der Waals surface area contributed by atoms with Crippen LogP contribution in [0.15, 0.2) is 12.1 Å². The van der Waals surface area contributed by atoms with E-state index in [4.69, 9.17) is 9.47 Å². The topological polar surface area (TPSA) is 91.4 Å². The molecular formula is C27H38N4O5. The first-order valence-electron chi connectivity index (χ1n) is 13.4. The summed E-state index contributed by atoms with van der Waals surface area (Å²) in [6, 6.07) is 3.62. The molecular weight excluding hydrogens is 460 g/mol. The molecule has 3 atom stereocenters. The van der Waals surface area contributed by atoms with Gasteiger partial charge in [0.15, 0.2) is 11.5 Å². The van der Waals surface area contributed by atoms with Crippen LogP contribution in [-0.2, 0) is 22.6 Å². The summed E-state index contributed by atoms with van der Waals surface area (Å²) in [4.78, 5) is 44.2. The van der Waals surface area contributed by atoms with Crippen molar-refractivity contribution in [3.8, 4) is 11.5 Å². The minimum Gasteiger partial charge on any atom is -0.493 e. The second-order valence-electron chi connectivity index (χ2n) is 10.5. The molecule has 5 rings (SSSR count). The van der Waals surface area contributed by atoms with Crippen molar-refractivity contribution in [1.82, 2.24) is 20.0 Å². The normalized spacial score (nSPS) is 25.8. The number of carbonyl (C=O) groups is 3. The van der Waals surface area contributed by atoms with E-state index in [0.29, 0.717) is 49.3 Å². The quantitative estimate of drug-likeness (QED) is 0.554. The summed E-state index contributed by atoms with van der Waals surface area (Å²) in [6.45, 7) is 3.74. The Labute approximate surface area is 213 Å². The van der Waals surface area contributed by atoms with Gasteiger partial charge in [0.1, 0.15) is 6.04 Å². The van der Waals surface area contributed by atoms with Crippen LogP contribution in [0.5, 0.6) is 11.5 Å². The van der Waals surface area contributed by atoms with Crippen molar-refractivity contribution in [2.45, 2.75) is 70.0 Å². The number of ether oxygens (including phenoxy) is 2. The molecule has 4 amide bonds. The third kappa shape index (κ3) is 4.77. The molecule has 0 radical (unpaired) electrons. The summed E-state index contributed by atoms with van der Waals surface area (Å²) in [5, 5.41) is 3.13. The van der Waals surface area contributed by atoms with E-state index in [0.717, 1.165) is 17.7 Å². The largest absolute Gasteiger partial charge is 0.493 e. The molecule has 3 fully saturated rings. The van der Waals surface area contributed by atoms with Gasteiger partial charge in [-0.05, 0) is 74.4 Å². The van der Waals surface area contributed by atoms with Gasteiger partial charge in [0.25, 0.3) is 5.91 Å². The van der Waals surface area contributed by atoms with Gasteiger partial charge in [-0.1, -0.05) is 6.42 Å². The molecule has 196 valence electrons. The van der Waals surface area contributed by atoms with E-state index in [1.165, 1.54) is 50.1 Å². The second-order valence-corrected chi connectivity index (χ2v) is 10.5. The summed E-state index contributed by atoms with van der Waals surface area (Å²) < 4.78 is 10.8. The maximum absolute atomic E-state index is 13.1. The third-order valence-corrected chi connectivity index (χ3v) is 8.44. The number of methoxy groups -OCH3 is 2. The molecule has 0 aliphatic carbocycles. The van der Waals surface area contributed by atoms with Crippen LogP contribution in [0.4, 0.5) is 4.79 Å². The van der Waals surface area contributed by atoms with Crippen LogP contribution in [0.3, 0.4) is 0 Å². The van der Waals surface area contributed by atoms with Crippen LogP contribution in [0, 0.1) is 5.92 Å². The highest BCUT2D eigenvalue weighted by molar-refractivity contribution is 6.04. The number of nitrogens with zero attached hydrogens (tertiary/aromatic N) is 3. The van der Waals surface area contributed by atoms with Crippen molar-refractivity contribution in [3.05, 3.63) is 23.3 Å². The van der Waals surface area contributed by atoms with Crippen LogP contribution in [0.2, 0.25) is 0 Å². The number of fused-ring (bicyclic) bond motifs is 3. The number of imide groups is 1. The van der Waals surface area contributed by atoms with Crippen molar-refractivity contribution >= 4 is 17.8 Å². The number of hydrogen-bond donors (Lipinski definition) is 1. The van der Waals surface area contributed by atoms with E-state index >= 15 is 0 Å². The lowest BCUT2D eigenvalue weighted by atomic mass is 9.83. The molecule has 9 heteroatoms. The number of rotatable bonds is 8. The van der Waals surface area contributed by atoms with E-state index in [2.05, 4.69) is 10.2 Å². The van der Waals surface area contributed by atoms with Crippen LogP contribution < -0.4 is 14.8 Å². The number of urea groups is 1. The predicted molar refractivity (Wildman–Crippen MR) is 134 cm³/mol. The van der Waals surface area contributed by atoms with Crippen molar-refractivity contribution in [2.75, 3.05) is 40.4 Å². The first-order chi connectivity index (χ1) is 17.5. The van der Waals surface area contributed by atoms with Gasteiger partial charge in [-0.25, -0.2) is 4.79 Å². The highest BCUT2D eigenvalue weighted by Crippen LogP contribution is 2.37. The van der Waals surface area contributed by atoms with E-state index in [1.54, 1.807) is 19.1 Å². The number of nitrogens with one attached hydrogen (secondary N) is 1. The highest BCUT2D eigenvalue weighted by atomic mass is 16.5. The van der Waals surface area contributed by atoms with Crippen molar-refractivity contribution in [1.29, 1.82) is 0 Å². The Hall–Kier alpha value is -2.81. The van der Waals surface area contributed by atoms with Crippen molar-refractivity contribution in [3.63, 3.8) is 0 Å². The van der Waals surface area contributed by atoms with Crippen molar-refractivity contribution < 1.29 is 23.9 Å². The van der Waals surface area contributed by atoms with Gasteiger partial charge < -0.3 is 24.6 Å². The van der Waals surface area contributed by atoms with Crippen LogP contribution >= 0.6 is 0 Å². The summed E-state index contributed by atoms with van der Waals surface area (Å²) in [6.07, 6.45) is 7.44. The van der Waals surface area contributed by atoms with E-state index in [-0.39, 0.29) is 24.4 Å². The standard InChI is InChI=1S/C27H38N4O5/c1-35-23-14-19-13-22-26(33)30(27(34)31(22)17-20(19)15-24(23)36-2)12-6-9-25(32)28-16-18-7-5-11-29-10-4-3-8-21(18)29/h14-15,18,21-22H,3-13,16-17H2,1-2H3,(H,28,32)/t18-,21+,22-/m0/s1. The SMILES string of the molecule is COc1cc2c(cc1OC)CN1C(=O)N(CCCC(=O)NC[C@@H]3CCCN4CCCC[C@H]34)C(=O)[C@@H]1C2. The maximum atomic E-state index is 13.1. The Morgan fingerprint density at radius 1 is 1.03 bits per heavy atom. The molecule has 1 aromatic rings. The molecule has 36 heavy (non-hydrogen) atoms. The third-order valence-electron chi connectivity index (χ3n) is 8.44. The minimum atomic E-state index is -0.498. The first-order valence-corrected chi connectivity index (χ1v) is 13.4. The Balaban J connectivity index is 1.12. The van der Waals surface area contributed by atoms with Crippen LogP contribution in [-0.4, -0.2) is 85.0 Å². The van der Waals surface area contributed by atoms with Gasteiger partial charge in [0, 0.05) is 38.5 Å². The molecule has 0 aromatic heterocycles. The van der Waals surface area contributed by atoms with Gasteiger partial charge in [-0.2, -0.15) is 0 Å². The molecule has 1 aromatic carbocycles. The molecule has 0 spiro atoms. The highest BCUT2D eigenvalue weighted by Gasteiger charge is 2.47. The fraction of sp³-hybridized carbons (Fsp3) is 0.667. The van der Waals surface area contributed by atoms with E-state index in [1.807, 2.05) is 12.1 Å². The fourth-order valence-electron chi connectivity index (χ4n) is 6.52. The fourth-order valence-corrected chi connectivity index (χ4v) is 6.52. The summed E-state index contributed by atoms with van der Waals surface area (Å²) in [5.74, 6) is 1.58. The smallest absolute Gasteiger partial charge is 0.327 e. The average Bonchev–Trinajstić information content (AvgIpc) is 3.13. The van der Waals surface area contributed by atoms with Gasteiger partial charge in [0.2, 0.25) is 5.91 Å². The summed E-state index contributed by atoms with van der Waals surface area (Å²) >= 11 is 0. The summed E-state index contributed by atoms with van der Waals surface area (Å²) in [7, 11) is 3.17. The van der Waals surface area contributed by atoms with Crippen LogP contribution in [0.1, 0.15) is 56.1 Å². The molecule has 0 saturated carbocycles. The monoisotopic (exact) mass is 498 g/mol. The number of piperidine rings is 2. The number of amides is 4. The first kappa shape index (κ1) is 24.9. The molecule has 3 saturated heterocycles. The number of hydrogen-bond acceptors (Lipinski definition) is 6. The zero-order valence-corrected chi connectivity index (χ0v) is 21.5. The maximum Gasteiger partial charge on any atom is 0.327 e. The minimum absolute atomic E-state index is 0.00588. The Kier molecular flexibility index (Phi) is 7.37.